The lowest BCUT2D eigenvalue weighted by Crippen LogP contribution is -2.50. The molecule has 1 heterocycles. The highest BCUT2D eigenvalue weighted by Gasteiger charge is 2.31. The zero-order valence-electron chi connectivity index (χ0n) is 16.9. The van der Waals surface area contributed by atoms with Gasteiger partial charge in [-0.15, -0.1) is 0 Å². The molecule has 1 aliphatic rings. The maximum absolute atomic E-state index is 13.0. The number of rotatable bonds is 4. The summed E-state index contributed by atoms with van der Waals surface area (Å²) in [5.41, 5.74) is 0.443. The Morgan fingerprint density at radius 3 is 2.64 bits per heavy atom. The molecule has 0 aromatic heterocycles. The molecule has 28 heavy (non-hydrogen) atoms. The molecular formula is C22H28N2O4. The predicted octanol–water partition coefficient (Wildman–Crippen LogP) is 3.65. The van der Waals surface area contributed by atoms with Gasteiger partial charge in [-0.3, -0.25) is 9.69 Å². The highest BCUT2D eigenvalue weighted by molar-refractivity contribution is 5.86. The lowest BCUT2D eigenvalue weighted by molar-refractivity contribution is -0.133. The first kappa shape index (κ1) is 20.1. The molecular weight excluding hydrogens is 356 g/mol. The van der Waals surface area contributed by atoms with E-state index in [1.807, 2.05) is 52.0 Å². The number of hydrogen-bond donors (Lipinski definition) is 1. The van der Waals surface area contributed by atoms with Crippen molar-refractivity contribution in [3.05, 3.63) is 48.0 Å². The van der Waals surface area contributed by atoms with Crippen LogP contribution in [-0.4, -0.2) is 48.3 Å². The number of hydrogen-bond acceptors (Lipinski definition) is 4. The minimum atomic E-state index is -0.602. The summed E-state index contributed by atoms with van der Waals surface area (Å²) in [5.74, 6) is -0.137. The van der Waals surface area contributed by atoms with Crippen LogP contribution in [0, 0.1) is 0 Å². The van der Waals surface area contributed by atoms with E-state index in [2.05, 4.69) is 23.5 Å². The average Bonchev–Trinajstić information content (AvgIpc) is 2.65. The van der Waals surface area contributed by atoms with Gasteiger partial charge in [-0.05, 0) is 44.0 Å². The Hall–Kier alpha value is -2.60. The van der Waals surface area contributed by atoms with Gasteiger partial charge in [0.15, 0.2) is 0 Å². The van der Waals surface area contributed by atoms with Crippen molar-refractivity contribution in [3.8, 4) is 0 Å². The van der Waals surface area contributed by atoms with Crippen LogP contribution in [0.25, 0.3) is 10.8 Å². The molecule has 0 radical (unpaired) electrons. The van der Waals surface area contributed by atoms with Crippen molar-refractivity contribution in [2.45, 2.75) is 45.4 Å². The molecule has 0 spiro atoms. The average molecular weight is 384 g/mol. The van der Waals surface area contributed by atoms with E-state index in [4.69, 9.17) is 9.47 Å². The number of fused-ring (bicyclic) bond motifs is 1. The van der Waals surface area contributed by atoms with Crippen molar-refractivity contribution in [2.24, 2.45) is 0 Å². The van der Waals surface area contributed by atoms with Gasteiger partial charge in [0.2, 0.25) is 5.91 Å². The molecule has 1 fully saturated rings. The summed E-state index contributed by atoms with van der Waals surface area (Å²) >= 11 is 0. The Bertz CT molecular complexity index is 844. The van der Waals surface area contributed by atoms with E-state index >= 15 is 0 Å². The van der Waals surface area contributed by atoms with Gasteiger partial charge >= 0.3 is 6.09 Å². The second kappa shape index (κ2) is 8.19. The Balaban J connectivity index is 1.90. The van der Waals surface area contributed by atoms with Gasteiger partial charge in [0, 0.05) is 6.54 Å². The van der Waals surface area contributed by atoms with Crippen LogP contribution in [0.3, 0.4) is 0 Å². The highest BCUT2D eigenvalue weighted by Crippen LogP contribution is 2.29. The highest BCUT2D eigenvalue weighted by atomic mass is 16.6. The molecule has 2 aromatic carbocycles. The molecule has 0 saturated carbocycles. The second-order valence-electron chi connectivity index (χ2n) is 8.11. The van der Waals surface area contributed by atoms with Crippen molar-refractivity contribution in [2.75, 3.05) is 19.7 Å². The Labute approximate surface area is 165 Å². The number of nitrogens with one attached hydrogen (secondary N) is 1. The number of amides is 2. The first-order valence-electron chi connectivity index (χ1n) is 9.60. The third-order valence-electron chi connectivity index (χ3n) is 4.75. The van der Waals surface area contributed by atoms with Crippen molar-refractivity contribution in [1.29, 1.82) is 0 Å². The van der Waals surface area contributed by atoms with Gasteiger partial charge in [-0.25, -0.2) is 4.79 Å². The number of nitrogens with zero attached hydrogens (tertiary/aromatic N) is 1. The molecule has 3 rings (SSSR count). The quantitative estimate of drug-likeness (QED) is 0.874. The number of carbonyl (C=O) groups excluding carboxylic acids is 2. The summed E-state index contributed by atoms with van der Waals surface area (Å²) in [4.78, 5) is 26.1. The lowest BCUT2D eigenvalue weighted by Gasteiger charge is -2.35. The minimum absolute atomic E-state index is 0.00940. The van der Waals surface area contributed by atoms with Crippen molar-refractivity contribution in [3.63, 3.8) is 0 Å². The monoisotopic (exact) mass is 384 g/mol. The first-order chi connectivity index (χ1) is 13.2. The molecule has 2 unspecified atom stereocenters. The third-order valence-corrected chi connectivity index (χ3v) is 4.75. The van der Waals surface area contributed by atoms with Crippen LogP contribution in [-0.2, 0) is 14.3 Å². The van der Waals surface area contributed by atoms with Gasteiger partial charge < -0.3 is 14.8 Å². The van der Waals surface area contributed by atoms with E-state index in [0.29, 0.717) is 13.1 Å². The van der Waals surface area contributed by atoms with Crippen LogP contribution in [0.5, 0.6) is 0 Å². The van der Waals surface area contributed by atoms with Gasteiger partial charge in [0.05, 0.1) is 18.7 Å². The van der Waals surface area contributed by atoms with Crippen molar-refractivity contribution < 1.29 is 19.1 Å². The van der Waals surface area contributed by atoms with Gasteiger partial charge in [0.1, 0.15) is 12.2 Å². The Morgan fingerprint density at radius 2 is 1.96 bits per heavy atom. The summed E-state index contributed by atoms with van der Waals surface area (Å²) in [6.45, 7) is 8.26. The van der Waals surface area contributed by atoms with E-state index in [9.17, 15) is 9.59 Å². The smallest absolute Gasteiger partial charge is 0.410 e. The van der Waals surface area contributed by atoms with E-state index < -0.39 is 11.7 Å². The molecule has 2 amide bonds. The standard InChI is InChI=1S/C22H28N2O4/c1-15(18-11-7-9-16-8-5-6-10-19(16)18)24(21(26)28-22(2,3)4)13-17-12-23-20(25)14-27-17/h5-11,15,17H,12-14H2,1-4H3,(H,23,25). The van der Waals surface area contributed by atoms with E-state index in [1.54, 1.807) is 4.90 Å². The van der Waals surface area contributed by atoms with Crippen LogP contribution < -0.4 is 5.32 Å². The summed E-state index contributed by atoms with van der Waals surface area (Å²) in [6, 6.07) is 14.0. The SMILES string of the molecule is CC(c1cccc2ccccc12)N(CC1CNC(=O)CO1)C(=O)OC(C)(C)C. The maximum Gasteiger partial charge on any atom is 0.410 e. The normalized spacial score (nSPS) is 18.4. The van der Waals surface area contributed by atoms with Crippen LogP contribution in [0.1, 0.15) is 39.3 Å². The molecule has 0 aliphatic carbocycles. The summed E-state index contributed by atoms with van der Waals surface area (Å²) in [6.07, 6.45) is -0.670. The lowest BCUT2D eigenvalue weighted by atomic mass is 9.98. The Kier molecular flexibility index (Phi) is 5.89. The molecule has 1 N–H and O–H groups in total. The van der Waals surface area contributed by atoms with Crippen LogP contribution >= 0.6 is 0 Å². The first-order valence-corrected chi connectivity index (χ1v) is 9.60. The number of morpholine rings is 1. The van der Waals surface area contributed by atoms with E-state index in [1.165, 1.54) is 0 Å². The third kappa shape index (κ3) is 4.81. The van der Waals surface area contributed by atoms with Crippen LogP contribution in [0.4, 0.5) is 4.79 Å². The van der Waals surface area contributed by atoms with Crippen molar-refractivity contribution in [1.82, 2.24) is 10.2 Å². The summed E-state index contributed by atoms with van der Waals surface area (Å²) < 4.78 is 11.3. The maximum atomic E-state index is 13.0. The largest absolute Gasteiger partial charge is 0.444 e. The van der Waals surface area contributed by atoms with Gasteiger partial charge in [-0.1, -0.05) is 42.5 Å². The fourth-order valence-electron chi connectivity index (χ4n) is 3.36. The molecule has 2 atom stereocenters. The molecule has 1 aliphatic heterocycles. The topological polar surface area (TPSA) is 67.9 Å². The Morgan fingerprint density at radius 1 is 1.25 bits per heavy atom. The fraction of sp³-hybridized carbons (Fsp3) is 0.455. The van der Waals surface area contributed by atoms with E-state index in [0.717, 1.165) is 16.3 Å². The number of ether oxygens (including phenoxy) is 2. The fourth-order valence-corrected chi connectivity index (χ4v) is 3.36. The molecule has 2 aromatic rings. The van der Waals surface area contributed by atoms with Crippen LogP contribution in [0.2, 0.25) is 0 Å². The number of benzene rings is 2. The number of carbonyl (C=O) groups is 2. The second-order valence-corrected chi connectivity index (χ2v) is 8.11. The van der Waals surface area contributed by atoms with Crippen molar-refractivity contribution >= 4 is 22.8 Å². The summed E-state index contributed by atoms with van der Waals surface area (Å²) in [7, 11) is 0. The minimum Gasteiger partial charge on any atom is -0.444 e. The molecule has 6 nitrogen and oxygen atoms in total. The summed E-state index contributed by atoms with van der Waals surface area (Å²) in [5, 5.41) is 5.01. The zero-order chi connectivity index (χ0) is 20.3. The van der Waals surface area contributed by atoms with Crippen LogP contribution in [0.15, 0.2) is 42.5 Å². The van der Waals surface area contributed by atoms with Gasteiger partial charge in [-0.2, -0.15) is 0 Å². The molecule has 0 bridgehead atoms. The molecule has 1 saturated heterocycles. The zero-order valence-corrected chi connectivity index (χ0v) is 16.9. The molecule has 150 valence electrons. The van der Waals surface area contributed by atoms with E-state index in [-0.39, 0.29) is 24.7 Å². The van der Waals surface area contributed by atoms with Gasteiger partial charge in [0.25, 0.3) is 0 Å². The molecule has 6 heteroatoms. The predicted molar refractivity (Wildman–Crippen MR) is 108 cm³/mol.